The first-order valence-corrected chi connectivity index (χ1v) is 8.73. The second-order valence-electron chi connectivity index (χ2n) is 5.42. The maximum atomic E-state index is 12.6. The van der Waals surface area contributed by atoms with E-state index < -0.39 is 10.0 Å². The van der Waals surface area contributed by atoms with Gasteiger partial charge in [0.25, 0.3) is 0 Å². The van der Waals surface area contributed by atoms with Crippen LogP contribution in [0, 0.1) is 11.8 Å². The highest BCUT2D eigenvalue weighted by atomic mass is 79.9. The summed E-state index contributed by atoms with van der Waals surface area (Å²) in [6, 6.07) is 7.13. The average Bonchev–Trinajstić information content (AvgIpc) is 2.93. The van der Waals surface area contributed by atoms with E-state index >= 15 is 0 Å². The fourth-order valence-corrected chi connectivity index (χ4v) is 5.75. The molecule has 3 rings (SSSR count). The largest absolute Gasteiger partial charge is 0.327 e. The molecule has 1 aliphatic carbocycles. The number of nitrogens with two attached hydrogens (primary N) is 1. The lowest BCUT2D eigenvalue weighted by Crippen LogP contribution is -2.33. The van der Waals surface area contributed by atoms with E-state index in [-0.39, 0.29) is 18.4 Å². The van der Waals surface area contributed by atoms with E-state index in [0.717, 1.165) is 12.8 Å². The van der Waals surface area contributed by atoms with Crippen LogP contribution in [0.15, 0.2) is 33.6 Å². The third-order valence-corrected chi connectivity index (χ3v) is 7.18. The van der Waals surface area contributed by atoms with Crippen molar-refractivity contribution in [3.05, 3.63) is 28.7 Å². The molecule has 0 aromatic heterocycles. The quantitative estimate of drug-likeness (QED) is 0.854. The van der Waals surface area contributed by atoms with Crippen molar-refractivity contribution in [2.45, 2.75) is 23.8 Å². The van der Waals surface area contributed by atoms with Gasteiger partial charge in [0.1, 0.15) is 0 Å². The SMILES string of the molecule is Cl.NC1CCC2CN(S(=O)(=O)c3ccccc3Br)CC12. The molecule has 20 heavy (non-hydrogen) atoms. The Morgan fingerprint density at radius 2 is 1.90 bits per heavy atom. The Bertz CT molecular complexity index is 596. The van der Waals surface area contributed by atoms with Crippen LogP contribution in [0.5, 0.6) is 0 Å². The zero-order valence-corrected chi connectivity index (χ0v) is 14.1. The van der Waals surface area contributed by atoms with Crippen LogP contribution in [0.1, 0.15) is 12.8 Å². The van der Waals surface area contributed by atoms with Gasteiger partial charge in [0, 0.05) is 23.6 Å². The number of halogens is 2. The molecule has 112 valence electrons. The van der Waals surface area contributed by atoms with Gasteiger partial charge in [0.2, 0.25) is 10.0 Å². The maximum absolute atomic E-state index is 12.6. The first-order valence-electron chi connectivity index (χ1n) is 6.50. The van der Waals surface area contributed by atoms with E-state index in [1.807, 2.05) is 6.07 Å². The molecule has 4 nitrogen and oxygen atoms in total. The van der Waals surface area contributed by atoms with Gasteiger partial charge >= 0.3 is 0 Å². The standard InChI is InChI=1S/C13H17BrN2O2S.ClH/c14-11-3-1-2-4-13(11)19(17,18)16-7-9-5-6-12(15)10(9)8-16;/h1-4,9-10,12H,5-8,15H2;1H. The molecule has 1 aliphatic heterocycles. The third-order valence-electron chi connectivity index (χ3n) is 4.33. The molecule has 1 aromatic rings. The van der Waals surface area contributed by atoms with Gasteiger partial charge in [-0.3, -0.25) is 0 Å². The molecule has 1 heterocycles. The molecule has 0 amide bonds. The van der Waals surface area contributed by atoms with Gasteiger partial charge in [-0.25, -0.2) is 8.42 Å². The Labute approximate surface area is 134 Å². The molecule has 0 bridgehead atoms. The van der Waals surface area contributed by atoms with Crippen molar-refractivity contribution in [2.24, 2.45) is 17.6 Å². The number of rotatable bonds is 2. The Balaban J connectivity index is 0.00000147. The molecule has 2 N–H and O–H groups in total. The predicted octanol–water partition coefficient (Wildman–Crippen LogP) is 2.23. The lowest BCUT2D eigenvalue weighted by molar-refractivity contribution is 0.427. The summed E-state index contributed by atoms with van der Waals surface area (Å²) in [6.45, 7) is 1.18. The first-order chi connectivity index (χ1) is 9.00. The highest BCUT2D eigenvalue weighted by molar-refractivity contribution is 9.10. The fourth-order valence-electron chi connectivity index (χ4n) is 3.26. The van der Waals surface area contributed by atoms with E-state index in [9.17, 15) is 8.42 Å². The number of hydrogen-bond donors (Lipinski definition) is 1. The number of fused-ring (bicyclic) bond motifs is 1. The minimum atomic E-state index is -3.40. The van der Waals surface area contributed by atoms with Gasteiger partial charge in [-0.05, 0) is 52.7 Å². The van der Waals surface area contributed by atoms with Crippen LogP contribution in [0.3, 0.4) is 0 Å². The van der Waals surface area contributed by atoms with Crippen molar-refractivity contribution in [3.8, 4) is 0 Å². The molecular weight excluding hydrogens is 364 g/mol. The smallest absolute Gasteiger partial charge is 0.244 e. The Morgan fingerprint density at radius 3 is 2.55 bits per heavy atom. The summed E-state index contributed by atoms with van der Waals surface area (Å²) < 4.78 is 27.5. The summed E-state index contributed by atoms with van der Waals surface area (Å²) in [5.74, 6) is 0.768. The Kier molecular flexibility index (Phi) is 4.81. The summed E-state index contributed by atoms with van der Waals surface area (Å²) in [5.41, 5.74) is 6.06. The Hall–Kier alpha value is -0.140. The minimum absolute atomic E-state index is 0. The van der Waals surface area contributed by atoms with Gasteiger partial charge in [-0.1, -0.05) is 12.1 Å². The molecule has 0 radical (unpaired) electrons. The number of hydrogen-bond acceptors (Lipinski definition) is 3. The van der Waals surface area contributed by atoms with Gasteiger partial charge in [0.15, 0.2) is 0 Å². The van der Waals surface area contributed by atoms with Crippen molar-refractivity contribution >= 4 is 38.4 Å². The van der Waals surface area contributed by atoms with Gasteiger partial charge in [0.05, 0.1) is 4.90 Å². The molecule has 1 saturated carbocycles. The molecular formula is C13H18BrClN2O2S. The summed E-state index contributed by atoms with van der Waals surface area (Å²) in [5, 5.41) is 0. The number of nitrogens with zero attached hydrogens (tertiary/aromatic N) is 1. The average molecular weight is 382 g/mol. The molecule has 2 aliphatic rings. The van der Waals surface area contributed by atoms with Gasteiger partial charge in [-0.2, -0.15) is 4.31 Å². The van der Waals surface area contributed by atoms with Gasteiger partial charge < -0.3 is 5.73 Å². The highest BCUT2D eigenvalue weighted by Gasteiger charge is 2.45. The molecule has 3 atom stereocenters. The van der Waals surface area contributed by atoms with Crippen LogP contribution in [0.25, 0.3) is 0 Å². The van der Waals surface area contributed by atoms with Crippen LogP contribution < -0.4 is 5.73 Å². The molecule has 1 aromatic carbocycles. The molecule has 2 fully saturated rings. The normalized spacial score (nSPS) is 30.0. The van der Waals surface area contributed by atoms with Crippen molar-refractivity contribution < 1.29 is 8.42 Å². The van der Waals surface area contributed by atoms with Crippen molar-refractivity contribution in [1.29, 1.82) is 0 Å². The van der Waals surface area contributed by atoms with Crippen LogP contribution in [-0.4, -0.2) is 31.9 Å². The van der Waals surface area contributed by atoms with Crippen LogP contribution in [0.4, 0.5) is 0 Å². The summed E-state index contributed by atoms with van der Waals surface area (Å²) in [4.78, 5) is 0.351. The van der Waals surface area contributed by atoms with E-state index in [4.69, 9.17) is 5.73 Å². The van der Waals surface area contributed by atoms with Crippen molar-refractivity contribution in [3.63, 3.8) is 0 Å². The number of sulfonamides is 1. The molecule has 1 saturated heterocycles. The lowest BCUT2D eigenvalue weighted by atomic mass is 9.98. The zero-order valence-electron chi connectivity index (χ0n) is 10.9. The lowest BCUT2D eigenvalue weighted by Gasteiger charge is -2.19. The van der Waals surface area contributed by atoms with Crippen molar-refractivity contribution in [2.75, 3.05) is 13.1 Å². The van der Waals surface area contributed by atoms with Crippen LogP contribution in [0.2, 0.25) is 0 Å². The fraction of sp³-hybridized carbons (Fsp3) is 0.538. The first kappa shape index (κ1) is 16.2. The second-order valence-corrected chi connectivity index (χ2v) is 8.18. The van der Waals surface area contributed by atoms with Crippen LogP contribution in [-0.2, 0) is 10.0 Å². The highest BCUT2D eigenvalue weighted by Crippen LogP contribution is 2.39. The van der Waals surface area contributed by atoms with Gasteiger partial charge in [-0.15, -0.1) is 12.4 Å². The predicted molar refractivity (Wildman–Crippen MR) is 84.3 cm³/mol. The maximum Gasteiger partial charge on any atom is 0.244 e. The minimum Gasteiger partial charge on any atom is -0.327 e. The summed E-state index contributed by atoms with van der Waals surface area (Å²) in [7, 11) is -3.40. The zero-order chi connectivity index (χ0) is 13.6. The van der Waals surface area contributed by atoms with Crippen molar-refractivity contribution in [1.82, 2.24) is 4.31 Å². The number of benzene rings is 1. The van der Waals surface area contributed by atoms with Crippen LogP contribution >= 0.6 is 28.3 Å². The summed E-state index contributed by atoms with van der Waals surface area (Å²) in [6.07, 6.45) is 2.08. The monoisotopic (exact) mass is 380 g/mol. The van der Waals surface area contributed by atoms with E-state index in [1.165, 1.54) is 0 Å². The molecule has 7 heteroatoms. The van der Waals surface area contributed by atoms with E-state index in [0.29, 0.717) is 34.3 Å². The van der Waals surface area contributed by atoms with E-state index in [2.05, 4.69) is 15.9 Å². The second kappa shape index (κ2) is 5.93. The van der Waals surface area contributed by atoms with E-state index in [1.54, 1.807) is 22.5 Å². The molecule has 3 unspecified atom stereocenters. The summed E-state index contributed by atoms with van der Waals surface area (Å²) >= 11 is 3.32. The molecule has 0 spiro atoms. The Morgan fingerprint density at radius 1 is 1.20 bits per heavy atom. The topological polar surface area (TPSA) is 63.4 Å². The third kappa shape index (κ3) is 2.64.